The number of nitrogens with zero attached hydrogens (tertiary/aromatic N) is 1. The van der Waals surface area contributed by atoms with Crippen LogP contribution in [-0.4, -0.2) is 19.1 Å². The summed E-state index contributed by atoms with van der Waals surface area (Å²) in [5, 5.41) is 7.37. The maximum absolute atomic E-state index is 13.2. The molecule has 30 heavy (non-hydrogen) atoms. The quantitative estimate of drug-likeness (QED) is 0.700. The minimum absolute atomic E-state index is 0.257. The van der Waals surface area contributed by atoms with E-state index >= 15 is 0 Å². The minimum Gasteiger partial charge on any atom is -0.496 e. The van der Waals surface area contributed by atoms with Crippen LogP contribution in [0.25, 0.3) is 0 Å². The number of nitrogens with one attached hydrogen (secondary N) is 3. The van der Waals surface area contributed by atoms with Gasteiger partial charge in [-0.1, -0.05) is 5.59 Å². The van der Waals surface area contributed by atoms with Gasteiger partial charge >= 0.3 is 6.18 Å². The van der Waals surface area contributed by atoms with Gasteiger partial charge < -0.3 is 20.2 Å². The summed E-state index contributed by atoms with van der Waals surface area (Å²) in [6.45, 7) is 1.88. The highest BCUT2D eigenvalue weighted by molar-refractivity contribution is 5.98. The Balaban J connectivity index is 1.48. The number of anilines is 3. The van der Waals surface area contributed by atoms with Gasteiger partial charge in [-0.25, -0.2) is 5.01 Å². The zero-order valence-electron chi connectivity index (χ0n) is 16.1. The first-order chi connectivity index (χ1) is 14.3. The summed E-state index contributed by atoms with van der Waals surface area (Å²) in [7, 11) is 1.19. The maximum Gasteiger partial charge on any atom is 0.420 e. The largest absolute Gasteiger partial charge is 0.496 e. The van der Waals surface area contributed by atoms with Crippen LogP contribution in [0.1, 0.15) is 16.7 Å². The minimum atomic E-state index is -4.55. The SMILES string of the molecule is COc1cc2c(cc1C(F)(F)F)NC(C(=O)Nc1ccc(N3C=CON3)c(C)c1)C2. The average molecular weight is 420 g/mol. The van der Waals surface area contributed by atoms with Crippen molar-refractivity contribution in [3.63, 3.8) is 0 Å². The number of hydrogen-bond acceptors (Lipinski definition) is 6. The van der Waals surface area contributed by atoms with Crippen molar-refractivity contribution in [1.82, 2.24) is 5.59 Å². The lowest BCUT2D eigenvalue weighted by atomic mass is 10.1. The molecule has 0 bridgehead atoms. The lowest BCUT2D eigenvalue weighted by molar-refractivity contribution is -0.138. The van der Waals surface area contributed by atoms with Crippen molar-refractivity contribution in [2.45, 2.75) is 25.6 Å². The van der Waals surface area contributed by atoms with Crippen molar-refractivity contribution in [3.8, 4) is 5.75 Å². The van der Waals surface area contributed by atoms with Crippen LogP contribution in [0.3, 0.4) is 0 Å². The second-order valence-corrected chi connectivity index (χ2v) is 6.96. The number of methoxy groups -OCH3 is 1. The molecule has 10 heteroatoms. The predicted molar refractivity (Wildman–Crippen MR) is 105 cm³/mol. The summed E-state index contributed by atoms with van der Waals surface area (Å²) in [4.78, 5) is 17.6. The van der Waals surface area contributed by atoms with Crippen LogP contribution in [-0.2, 0) is 22.2 Å². The molecule has 1 amide bonds. The molecule has 0 spiro atoms. The Kier molecular flexibility index (Phi) is 4.94. The molecule has 1 atom stereocenters. The molecular weight excluding hydrogens is 401 g/mol. The Morgan fingerprint density at radius 3 is 2.73 bits per heavy atom. The molecule has 2 aliphatic rings. The van der Waals surface area contributed by atoms with E-state index in [2.05, 4.69) is 16.2 Å². The number of rotatable bonds is 4. The lowest BCUT2D eigenvalue weighted by Crippen LogP contribution is -2.33. The number of benzene rings is 2. The molecule has 2 heterocycles. The standard InChI is InChI=1S/C20H19F3N4O3/c1-11-7-13(3-4-17(11)27-5-6-30-26-27)24-19(28)16-8-12-9-18(29-2)14(20(21,22)23)10-15(12)25-16/h3-7,9-10,16,25-26H,8H2,1-2H3,(H,24,28). The van der Waals surface area contributed by atoms with Gasteiger partial charge in [0.2, 0.25) is 5.91 Å². The number of fused-ring (bicyclic) bond motifs is 1. The van der Waals surface area contributed by atoms with Gasteiger partial charge in [-0.2, -0.15) is 13.2 Å². The van der Waals surface area contributed by atoms with Gasteiger partial charge in [-0.05, 0) is 48.4 Å². The fourth-order valence-electron chi connectivity index (χ4n) is 3.50. The first-order valence-corrected chi connectivity index (χ1v) is 9.09. The molecule has 2 aromatic carbocycles. The average Bonchev–Trinajstić information content (AvgIpc) is 3.35. The van der Waals surface area contributed by atoms with Crippen LogP contribution in [0.4, 0.5) is 30.2 Å². The second kappa shape index (κ2) is 7.45. The molecule has 1 unspecified atom stereocenters. The number of carbonyl (C=O) groups excluding carboxylic acids is 1. The summed E-state index contributed by atoms with van der Waals surface area (Å²) < 4.78 is 44.6. The highest BCUT2D eigenvalue weighted by atomic mass is 19.4. The molecular formula is C20H19F3N4O3. The van der Waals surface area contributed by atoms with Crippen molar-refractivity contribution in [2.75, 3.05) is 22.8 Å². The molecule has 7 nitrogen and oxygen atoms in total. The third-order valence-electron chi connectivity index (χ3n) is 4.95. The van der Waals surface area contributed by atoms with E-state index in [0.29, 0.717) is 11.3 Å². The summed E-state index contributed by atoms with van der Waals surface area (Å²) in [6.07, 6.45) is -1.08. The predicted octanol–water partition coefficient (Wildman–Crippen LogP) is 3.73. The van der Waals surface area contributed by atoms with Crippen molar-refractivity contribution >= 4 is 23.0 Å². The summed E-state index contributed by atoms with van der Waals surface area (Å²) >= 11 is 0. The molecule has 0 aliphatic carbocycles. The van der Waals surface area contributed by atoms with E-state index in [1.54, 1.807) is 23.3 Å². The first kappa shape index (κ1) is 19.9. The van der Waals surface area contributed by atoms with Gasteiger partial charge in [0.1, 0.15) is 18.1 Å². The molecule has 0 radical (unpaired) electrons. The number of amides is 1. The van der Waals surface area contributed by atoms with E-state index in [9.17, 15) is 18.0 Å². The Labute approximate surface area is 170 Å². The Hall–Kier alpha value is -3.40. The van der Waals surface area contributed by atoms with Gasteiger partial charge in [0, 0.05) is 17.8 Å². The lowest BCUT2D eigenvalue weighted by Gasteiger charge is -2.18. The third kappa shape index (κ3) is 3.73. The summed E-state index contributed by atoms with van der Waals surface area (Å²) in [5.41, 5.74) is 5.00. The highest BCUT2D eigenvalue weighted by Gasteiger charge is 2.37. The Morgan fingerprint density at radius 2 is 2.10 bits per heavy atom. The number of alkyl halides is 3. The molecule has 0 aromatic heterocycles. The molecule has 3 N–H and O–H groups in total. The third-order valence-corrected chi connectivity index (χ3v) is 4.95. The van der Waals surface area contributed by atoms with E-state index in [0.717, 1.165) is 17.3 Å². The molecule has 2 aliphatic heterocycles. The molecule has 158 valence electrons. The Morgan fingerprint density at radius 1 is 1.30 bits per heavy atom. The van der Waals surface area contributed by atoms with Crippen LogP contribution in [0, 0.1) is 6.92 Å². The van der Waals surface area contributed by atoms with Gasteiger partial charge in [-0.15, -0.1) is 0 Å². The number of carbonyl (C=O) groups is 1. The molecule has 0 fully saturated rings. The van der Waals surface area contributed by atoms with Crippen molar-refractivity contribution < 1.29 is 27.5 Å². The zero-order chi connectivity index (χ0) is 21.5. The highest BCUT2D eigenvalue weighted by Crippen LogP contribution is 2.41. The van der Waals surface area contributed by atoms with Crippen molar-refractivity contribution in [1.29, 1.82) is 0 Å². The van der Waals surface area contributed by atoms with Crippen molar-refractivity contribution in [3.05, 3.63) is 59.5 Å². The number of ether oxygens (including phenoxy) is 1. The van der Waals surface area contributed by atoms with E-state index in [4.69, 9.17) is 9.57 Å². The second-order valence-electron chi connectivity index (χ2n) is 6.96. The van der Waals surface area contributed by atoms with Crippen LogP contribution >= 0.6 is 0 Å². The smallest absolute Gasteiger partial charge is 0.420 e. The number of aryl methyl sites for hydroxylation is 1. The fourth-order valence-corrected chi connectivity index (χ4v) is 3.50. The topological polar surface area (TPSA) is 74.9 Å². The summed E-state index contributed by atoms with van der Waals surface area (Å²) in [5.74, 6) is -0.600. The van der Waals surface area contributed by atoms with Crippen LogP contribution in [0.15, 0.2) is 42.8 Å². The van der Waals surface area contributed by atoms with Crippen LogP contribution in [0.2, 0.25) is 0 Å². The maximum atomic E-state index is 13.2. The molecule has 0 saturated heterocycles. The van der Waals surface area contributed by atoms with Crippen LogP contribution < -0.4 is 26.0 Å². The first-order valence-electron chi connectivity index (χ1n) is 9.09. The monoisotopic (exact) mass is 420 g/mol. The zero-order valence-corrected chi connectivity index (χ0v) is 16.1. The van der Waals surface area contributed by atoms with E-state index < -0.39 is 17.8 Å². The van der Waals surface area contributed by atoms with E-state index in [1.165, 1.54) is 19.4 Å². The van der Waals surface area contributed by atoms with E-state index in [-0.39, 0.29) is 23.8 Å². The molecule has 0 saturated carbocycles. The number of halogens is 3. The Bertz CT molecular complexity index is 1020. The molecule has 4 rings (SSSR count). The van der Waals surface area contributed by atoms with Gasteiger partial charge in [0.25, 0.3) is 0 Å². The van der Waals surface area contributed by atoms with Crippen LogP contribution in [0.5, 0.6) is 5.75 Å². The van der Waals surface area contributed by atoms with Crippen molar-refractivity contribution in [2.24, 2.45) is 0 Å². The fraction of sp³-hybridized carbons (Fsp3) is 0.250. The van der Waals surface area contributed by atoms with Gasteiger partial charge in [-0.3, -0.25) is 4.79 Å². The molecule has 2 aromatic rings. The van der Waals surface area contributed by atoms with Gasteiger partial charge in [0.05, 0.1) is 24.6 Å². The number of hydrogen-bond donors (Lipinski definition) is 3. The van der Waals surface area contributed by atoms with E-state index in [1.807, 2.05) is 13.0 Å². The summed E-state index contributed by atoms with van der Waals surface area (Å²) in [6, 6.07) is 6.97. The van der Waals surface area contributed by atoms with Gasteiger partial charge in [0.15, 0.2) is 0 Å². The number of hydrazine groups is 1. The normalized spacial score (nSPS) is 17.4.